The van der Waals surface area contributed by atoms with Crippen LogP contribution in [0.1, 0.15) is 0 Å². The summed E-state index contributed by atoms with van der Waals surface area (Å²) >= 11 is 0. The average Bonchev–Trinajstić information content (AvgIpc) is 2.62. The molecule has 0 spiro atoms. The zero-order valence-corrected chi connectivity index (χ0v) is 14.4. The predicted molar refractivity (Wildman–Crippen MR) is 91.9 cm³/mol. The molecule has 0 N–H and O–H groups in total. The molecular formula is C18H13LiNO4P. The summed E-state index contributed by atoms with van der Waals surface area (Å²) in [5.74, 6) is -0.597. The maximum absolute atomic E-state index is 14.0. The van der Waals surface area contributed by atoms with E-state index in [1.807, 2.05) is 0 Å². The molecule has 0 radical (unpaired) electrons. The maximum Gasteiger partial charge on any atom is 1.00 e. The van der Waals surface area contributed by atoms with Gasteiger partial charge in [-0.25, -0.2) is 0 Å². The Morgan fingerprint density at radius 3 is 1.68 bits per heavy atom. The molecule has 3 rings (SSSR count). The van der Waals surface area contributed by atoms with Crippen LogP contribution in [0.2, 0.25) is 0 Å². The Hall–Kier alpha value is -2.31. The molecule has 0 amide bonds. The molecule has 0 saturated heterocycles. The van der Waals surface area contributed by atoms with Crippen LogP contribution < -0.4 is 39.9 Å². The first-order chi connectivity index (χ1) is 11.5. The van der Waals surface area contributed by atoms with Gasteiger partial charge in [-0.05, 0) is 6.07 Å². The number of nitro groups is 1. The van der Waals surface area contributed by atoms with Crippen molar-refractivity contribution >= 4 is 28.7 Å². The molecule has 0 aliphatic rings. The van der Waals surface area contributed by atoms with E-state index in [1.54, 1.807) is 60.7 Å². The second kappa shape index (κ2) is 7.71. The Labute approximate surface area is 157 Å². The number of hydrogen-bond acceptors (Lipinski definition) is 4. The van der Waals surface area contributed by atoms with Gasteiger partial charge >= 0.3 is 18.9 Å². The molecule has 0 bridgehead atoms. The van der Waals surface area contributed by atoms with Crippen molar-refractivity contribution in [1.29, 1.82) is 0 Å². The van der Waals surface area contributed by atoms with Gasteiger partial charge in [0.1, 0.15) is 0 Å². The van der Waals surface area contributed by atoms with Gasteiger partial charge in [-0.3, -0.25) is 10.1 Å². The van der Waals surface area contributed by atoms with Crippen molar-refractivity contribution in [1.82, 2.24) is 0 Å². The predicted octanol–water partition coefficient (Wildman–Crippen LogP) is -0.688. The number of hydrogen-bond donors (Lipinski definition) is 0. The molecular weight excluding hydrogens is 332 g/mol. The minimum absolute atomic E-state index is 0. The number of non-ortho nitro benzene ring substituents is 1. The Morgan fingerprint density at radius 1 is 0.800 bits per heavy atom. The summed E-state index contributed by atoms with van der Waals surface area (Å²) in [5.41, 5.74) is -0.309. The molecule has 0 fully saturated rings. The van der Waals surface area contributed by atoms with Gasteiger partial charge in [-0.2, -0.15) is 0 Å². The van der Waals surface area contributed by atoms with E-state index < -0.39 is 17.8 Å². The molecule has 120 valence electrons. The van der Waals surface area contributed by atoms with Crippen LogP contribution in [0, 0.1) is 10.1 Å². The van der Waals surface area contributed by atoms with Gasteiger partial charge in [-0.15, -0.1) is 0 Å². The molecule has 3 aromatic carbocycles. The molecule has 3 aromatic rings. The van der Waals surface area contributed by atoms with Crippen molar-refractivity contribution in [2.45, 2.75) is 0 Å². The van der Waals surface area contributed by atoms with Crippen LogP contribution in [-0.4, -0.2) is 4.92 Å². The van der Waals surface area contributed by atoms with E-state index in [0.717, 1.165) is 6.07 Å². The molecule has 5 nitrogen and oxygen atoms in total. The van der Waals surface area contributed by atoms with Crippen LogP contribution in [0.4, 0.5) is 5.69 Å². The first-order valence-corrected chi connectivity index (χ1v) is 8.91. The van der Waals surface area contributed by atoms with Crippen LogP contribution in [0.25, 0.3) is 0 Å². The Balaban J connectivity index is 0.00000225. The smallest absolute Gasteiger partial charge is 0.872 e. The van der Waals surface area contributed by atoms with E-state index in [4.69, 9.17) is 0 Å². The maximum atomic E-state index is 14.0. The van der Waals surface area contributed by atoms with E-state index in [9.17, 15) is 19.8 Å². The summed E-state index contributed by atoms with van der Waals surface area (Å²) in [6.07, 6.45) is 0. The molecule has 0 saturated carbocycles. The van der Waals surface area contributed by atoms with E-state index in [0.29, 0.717) is 10.6 Å². The fraction of sp³-hybridized carbons (Fsp3) is 0. The van der Waals surface area contributed by atoms with Gasteiger partial charge in [0.05, 0.1) is 4.92 Å². The van der Waals surface area contributed by atoms with Crippen molar-refractivity contribution in [3.63, 3.8) is 0 Å². The fourth-order valence-electron chi connectivity index (χ4n) is 2.58. The Bertz CT molecular complexity index is 889. The third kappa shape index (κ3) is 3.55. The van der Waals surface area contributed by atoms with Crippen LogP contribution in [0.15, 0.2) is 78.9 Å². The summed E-state index contributed by atoms with van der Waals surface area (Å²) < 4.78 is 14.0. The Kier molecular flexibility index (Phi) is 5.87. The van der Waals surface area contributed by atoms with Crippen molar-refractivity contribution in [3.05, 3.63) is 89.0 Å². The standard InChI is InChI=1S/C18H14NO4P.Li/c20-17-13-14(19(21)22)11-12-18(17)24(23,15-7-3-1-4-8-15)16-9-5-2-6-10-16;/h1-13,20H;/q;+1/p-1. The molecule has 0 aliphatic heterocycles. The normalized spacial score (nSPS) is 10.7. The fourth-order valence-corrected chi connectivity index (χ4v) is 5.28. The molecule has 0 aromatic heterocycles. The van der Waals surface area contributed by atoms with Gasteiger partial charge < -0.3 is 9.67 Å². The molecule has 0 atom stereocenters. The third-order valence-electron chi connectivity index (χ3n) is 3.73. The van der Waals surface area contributed by atoms with Crippen LogP contribution in [0.3, 0.4) is 0 Å². The van der Waals surface area contributed by atoms with Gasteiger partial charge in [0.2, 0.25) is 0 Å². The largest absolute Gasteiger partial charge is 1.00 e. The van der Waals surface area contributed by atoms with Gasteiger partial charge in [0.25, 0.3) is 5.69 Å². The number of nitro benzene ring substituents is 1. The summed E-state index contributed by atoms with van der Waals surface area (Å²) in [4.78, 5) is 10.2. The first-order valence-electron chi connectivity index (χ1n) is 7.21. The minimum Gasteiger partial charge on any atom is -0.872 e. The zero-order valence-electron chi connectivity index (χ0n) is 13.5. The monoisotopic (exact) mass is 345 g/mol. The second-order valence-electron chi connectivity index (χ2n) is 5.19. The van der Waals surface area contributed by atoms with E-state index in [1.165, 1.54) is 12.1 Å². The molecule has 0 aliphatic carbocycles. The van der Waals surface area contributed by atoms with Crippen LogP contribution in [0.5, 0.6) is 5.75 Å². The number of benzene rings is 3. The van der Waals surface area contributed by atoms with Crippen molar-refractivity contribution in [2.75, 3.05) is 0 Å². The first kappa shape index (κ1) is 19.0. The summed E-state index contributed by atoms with van der Waals surface area (Å²) in [6, 6.07) is 20.9. The van der Waals surface area contributed by atoms with Crippen LogP contribution >= 0.6 is 7.14 Å². The number of nitrogens with zero attached hydrogens (tertiary/aromatic N) is 1. The van der Waals surface area contributed by atoms with Crippen molar-refractivity contribution < 1.29 is 33.5 Å². The molecule has 0 heterocycles. The number of rotatable bonds is 4. The van der Waals surface area contributed by atoms with Crippen molar-refractivity contribution in [3.8, 4) is 5.75 Å². The average molecular weight is 345 g/mol. The van der Waals surface area contributed by atoms with Crippen molar-refractivity contribution in [2.24, 2.45) is 0 Å². The van der Waals surface area contributed by atoms with E-state index >= 15 is 0 Å². The van der Waals surface area contributed by atoms with Gasteiger partial charge in [-0.1, -0.05) is 66.4 Å². The molecule has 0 unspecified atom stereocenters. The quantitative estimate of drug-likeness (QED) is 0.271. The summed E-state index contributed by atoms with van der Waals surface area (Å²) in [7, 11) is -3.40. The molecule has 7 heteroatoms. The topological polar surface area (TPSA) is 83.3 Å². The summed E-state index contributed by atoms with van der Waals surface area (Å²) in [5, 5.41) is 24.4. The summed E-state index contributed by atoms with van der Waals surface area (Å²) in [6.45, 7) is 0. The van der Waals surface area contributed by atoms with E-state index in [-0.39, 0.29) is 29.9 Å². The molecule has 25 heavy (non-hydrogen) atoms. The van der Waals surface area contributed by atoms with Gasteiger partial charge in [0.15, 0.2) is 7.14 Å². The third-order valence-corrected chi connectivity index (χ3v) is 6.83. The van der Waals surface area contributed by atoms with Gasteiger partial charge in [0, 0.05) is 28.0 Å². The minimum atomic E-state index is -3.40. The second-order valence-corrected chi connectivity index (χ2v) is 7.92. The SMILES string of the molecule is O=[N+]([O-])c1ccc(P(=O)(c2ccccc2)c2ccccc2)c([O-])c1.[Li+]. The Morgan fingerprint density at radius 2 is 1.28 bits per heavy atom. The van der Waals surface area contributed by atoms with Crippen LogP contribution in [-0.2, 0) is 4.57 Å². The van der Waals surface area contributed by atoms with E-state index in [2.05, 4.69) is 0 Å². The zero-order chi connectivity index (χ0) is 17.2.